The maximum atomic E-state index is 12.1. The van der Waals surface area contributed by atoms with Crippen LogP contribution in [-0.4, -0.2) is 23.7 Å². The van der Waals surface area contributed by atoms with Gasteiger partial charge in [-0.15, -0.1) is 0 Å². The number of aliphatic hydroxyl groups is 1. The van der Waals surface area contributed by atoms with Crippen LogP contribution in [0.25, 0.3) is 0 Å². The lowest BCUT2D eigenvalue weighted by atomic mass is 9.86. The van der Waals surface area contributed by atoms with Gasteiger partial charge in [-0.25, -0.2) is 0 Å². The third-order valence-electron chi connectivity index (χ3n) is 4.33. The van der Waals surface area contributed by atoms with E-state index in [1.165, 1.54) is 5.56 Å². The molecular weight excluding hydrogens is 250 g/mol. The SMILES string of the molecule is CC(CC(=O)NC1CCC(CO)CC1)c1ccccc1. The Hall–Kier alpha value is -1.35. The Kier molecular flexibility index (Phi) is 5.60. The second kappa shape index (κ2) is 7.44. The fourth-order valence-corrected chi connectivity index (χ4v) is 2.95. The highest BCUT2D eigenvalue weighted by Crippen LogP contribution is 2.24. The van der Waals surface area contributed by atoms with Crippen LogP contribution in [0.2, 0.25) is 0 Å². The molecule has 1 amide bonds. The molecule has 1 aromatic rings. The first kappa shape index (κ1) is 15.0. The lowest BCUT2D eigenvalue weighted by Gasteiger charge is -2.28. The number of benzene rings is 1. The molecule has 1 fully saturated rings. The van der Waals surface area contributed by atoms with Crippen LogP contribution in [0, 0.1) is 5.92 Å². The summed E-state index contributed by atoms with van der Waals surface area (Å²) in [4.78, 5) is 12.1. The maximum absolute atomic E-state index is 12.1. The normalized spacial score (nSPS) is 24.1. The fraction of sp³-hybridized carbons (Fsp3) is 0.588. The summed E-state index contributed by atoms with van der Waals surface area (Å²) in [5.74, 6) is 0.838. The molecule has 1 atom stereocenters. The molecule has 0 heterocycles. The third kappa shape index (κ3) is 4.34. The van der Waals surface area contributed by atoms with Crippen LogP contribution >= 0.6 is 0 Å². The van der Waals surface area contributed by atoms with E-state index in [-0.39, 0.29) is 18.4 Å². The first-order valence-corrected chi connectivity index (χ1v) is 7.64. The van der Waals surface area contributed by atoms with E-state index in [1.807, 2.05) is 18.2 Å². The molecule has 0 saturated heterocycles. The highest BCUT2D eigenvalue weighted by Gasteiger charge is 2.22. The van der Waals surface area contributed by atoms with Crippen LogP contribution in [0.5, 0.6) is 0 Å². The molecule has 0 aromatic heterocycles. The molecule has 2 rings (SSSR count). The minimum atomic E-state index is 0.147. The zero-order valence-electron chi connectivity index (χ0n) is 12.2. The Labute approximate surface area is 121 Å². The summed E-state index contributed by atoms with van der Waals surface area (Å²) in [6.45, 7) is 2.38. The largest absolute Gasteiger partial charge is 0.396 e. The van der Waals surface area contributed by atoms with Crippen LogP contribution < -0.4 is 5.32 Å². The van der Waals surface area contributed by atoms with E-state index in [0.717, 1.165) is 25.7 Å². The van der Waals surface area contributed by atoms with Gasteiger partial charge in [0.1, 0.15) is 0 Å². The number of hydrogen-bond donors (Lipinski definition) is 2. The van der Waals surface area contributed by atoms with E-state index in [2.05, 4.69) is 24.4 Å². The topological polar surface area (TPSA) is 49.3 Å². The van der Waals surface area contributed by atoms with Crippen LogP contribution in [0.3, 0.4) is 0 Å². The maximum Gasteiger partial charge on any atom is 0.220 e. The number of rotatable bonds is 5. The van der Waals surface area contributed by atoms with Crippen molar-refractivity contribution < 1.29 is 9.90 Å². The quantitative estimate of drug-likeness (QED) is 0.868. The van der Waals surface area contributed by atoms with Crippen molar-refractivity contribution in [2.45, 2.75) is 51.0 Å². The van der Waals surface area contributed by atoms with Gasteiger partial charge in [0.15, 0.2) is 0 Å². The summed E-state index contributed by atoms with van der Waals surface area (Å²) in [5.41, 5.74) is 1.21. The van der Waals surface area contributed by atoms with Crippen LogP contribution in [-0.2, 0) is 4.79 Å². The number of hydrogen-bond acceptors (Lipinski definition) is 2. The number of nitrogens with one attached hydrogen (secondary N) is 1. The van der Waals surface area contributed by atoms with Gasteiger partial charge in [-0.3, -0.25) is 4.79 Å². The second-order valence-electron chi connectivity index (χ2n) is 5.98. The van der Waals surface area contributed by atoms with Crippen molar-refractivity contribution in [2.24, 2.45) is 5.92 Å². The predicted octanol–water partition coefficient (Wildman–Crippen LogP) is 2.85. The molecule has 0 aliphatic heterocycles. The third-order valence-corrected chi connectivity index (χ3v) is 4.33. The van der Waals surface area contributed by atoms with Crippen molar-refractivity contribution in [2.75, 3.05) is 6.61 Å². The van der Waals surface area contributed by atoms with Gasteiger partial charge in [0.05, 0.1) is 0 Å². The molecule has 1 saturated carbocycles. The highest BCUT2D eigenvalue weighted by molar-refractivity contribution is 5.77. The number of aliphatic hydroxyl groups excluding tert-OH is 1. The van der Waals surface area contributed by atoms with Crippen LogP contribution in [0.15, 0.2) is 30.3 Å². The van der Waals surface area contributed by atoms with Gasteiger partial charge >= 0.3 is 0 Å². The Balaban J connectivity index is 1.76. The minimum Gasteiger partial charge on any atom is -0.396 e. The van der Waals surface area contributed by atoms with Gasteiger partial charge in [-0.05, 0) is 43.1 Å². The van der Waals surface area contributed by atoms with Gasteiger partial charge in [0.25, 0.3) is 0 Å². The van der Waals surface area contributed by atoms with Gasteiger partial charge in [0.2, 0.25) is 5.91 Å². The van der Waals surface area contributed by atoms with Crippen molar-refractivity contribution >= 4 is 5.91 Å². The average molecular weight is 275 g/mol. The molecule has 0 spiro atoms. The van der Waals surface area contributed by atoms with Crippen LogP contribution in [0.4, 0.5) is 0 Å². The van der Waals surface area contributed by atoms with Gasteiger partial charge in [-0.1, -0.05) is 37.3 Å². The van der Waals surface area contributed by atoms with Gasteiger partial charge in [0, 0.05) is 19.1 Å². The standard InChI is InChI=1S/C17H25NO2/c1-13(15-5-3-2-4-6-15)11-17(20)18-16-9-7-14(12-19)8-10-16/h2-6,13-14,16,19H,7-12H2,1H3,(H,18,20). The van der Waals surface area contributed by atoms with Crippen molar-refractivity contribution in [3.8, 4) is 0 Å². The van der Waals surface area contributed by atoms with Gasteiger partial charge in [-0.2, -0.15) is 0 Å². The summed E-state index contributed by atoms with van der Waals surface area (Å²) < 4.78 is 0. The second-order valence-corrected chi connectivity index (χ2v) is 5.98. The monoisotopic (exact) mass is 275 g/mol. The summed E-state index contributed by atoms with van der Waals surface area (Å²) in [5, 5.41) is 12.3. The summed E-state index contributed by atoms with van der Waals surface area (Å²) in [7, 11) is 0. The molecule has 1 unspecified atom stereocenters. The van der Waals surface area contributed by atoms with Crippen LogP contribution in [0.1, 0.15) is 50.5 Å². The molecule has 2 N–H and O–H groups in total. The zero-order chi connectivity index (χ0) is 14.4. The highest BCUT2D eigenvalue weighted by atomic mass is 16.3. The fourth-order valence-electron chi connectivity index (χ4n) is 2.95. The van der Waals surface area contributed by atoms with E-state index in [0.29, 0.717) is 18.4 Å². The first-order valence-electron chi connectivity index (χ1n) is 7.64. The molecule has 0 radical (unpaired) electrons. The van der Waals surface area contributed by atoms with Crippen molar-refractivity contribution in [3.63, 3.8) is 0 Å². The van der Waals surface area contributed by atoms with Crippen molar-refractivity contribution in [3.05, 3.63) is 35.9 Å². The minimum absolute atomic E-state index is 0.147. The van der Waals surface area contributed by atoms with Crippen molar-refractivity contribution in [1.82, 2.24) is 5.32 Å². The molecule has 3 heteroatoms. The average Bonchev–Trinajstić information content (AvgIpc) is 2.49. The molecule has 110 valence electrons. The summed E-state index contributed by atoms with van der Waals surface area (Å²) >= 11 is 0. The smallest absolute Gasteiger partial charge is 0.220 e. The molecule has 1 aromatic carbocycles. The lowest BCUT2D eigenvalue weighted by Crippen LogP contribution is -2.38. The van der Waals surface area contributed by atoms with Crippen molar-refractivity contribution in [1.29, 1.82) is 0 Å². The number of carbonyl (C=O) groups excluding carboxylic acids is 1. The Bertz CT molecular complexity index is 410. The number of amides is 1. The molecule has 1 aliphatic rings. The van der Waals surface area contributed by atoms with E-state index in [4.69, 9.17) is 5.11 Å². The molecule has 0 bridgehead atoms. The predicted molar refractivity (Wildman–Crippen MR) is 80.4 cm³/mol. The summed E-state index contributed by atoms with van der Waals surface area (Å²) in [6, 6.07) is 10.5. The molecule has 1 aliphatic carbocycles. The molecule has 20 heavy (non-hydrogen) atoms. The van der Waals surface area contributed by atoms with Gasteiger partial charge < -0.3 is 10.4 Å². The zero-order valence-corrected chi connectivity index (χ0v) is 12.2. The molecular formula is C17H25NO2. The summed E-state index contributed by atoms with van der Waals surface area (Å²) in [6.07, 6.45) is 4.59. The van der Waals surface area contributed by atoms with E-state index in [9.17, 15) is 4.79 Å². The van der Waals surface area contributed by atoms with E-state index >= 15 is 0 Å². The Morgan fingerprint density at radius 1 is 1.25 bits per heavy atom. The van der Waals surface area contributed by atoms with E-state index in [1.54, 1.807) is 0 Å². The number of carbonyl (C=O) groups is 1. The molecule has 3 nitrogen and oxygen atoms in total. The lowest BCUT2D eigenvalue weighted by molar-refractivity contribution is -0.122. The van der Waals surface area contributed by atoms with E-state index < -0.39 is 0 Å². The first-order chi connectivity index (χ1) is 9.69. The Morgan fingerprint density at radius 2 is 1.90 bits per heavy atom. The Morgan fingerprint density at radius 3 is 2.50 bits per heavy atom.